The SMILES string of the molecule is C=CCN(C)C.CN(CCN)CCN1CC=Nc2ccc(-c3ccc4c(c3)N=C(N)C4)cc21. The number of benzene rings is 2. The maximum atomic E-state index is 5.88. The normalized spacial score (nSPS) is 14.0. The third kappa shape index (κ3) is 6.74. The summed E-state index contributed by atoms with van der Waals surface area (Å²) in [7, 11) is 6.14. The smallest absolute Gasteiger partial charge is 0.104 e. The molecule has 2 heterocycles. The van der Waals surface area contributed by atoms with Gasteiger partial charge in [0.15, 0.2) is 0 Å². The second kappa shape index (κ2) is 11.7. The quantitative estimate of drug-likeness (QED) is 0.608. The van der Waals surface area contributed by atoms with Gasteiger partial charge < -0.3 is 26.2 Å². The Balaban J connectivity index is 0.000000454. The summed E-state index contributed by atoms with van der Waals surface area (Å²) in [6, 6.07) is 12.9. The van der Waals surface area contributed by atoms with Crippen molar-refractivity contribution in [2.75, 3.05) is 65.3 Å². The van der Waals surface area contributed by atoms with Crippen molar-refractivity contribution >= 4 is 29.1 Å². The molecule has 7 nitrogen and oxygen atoms in total. The van der Waals surface area contributed by atoms with E-state index in [-0.39, 0.29) is 0 Å². The highest BCUT2D eigenvalue weighted by Gasteiger charge is 2.17. The second-order valence-electron chi connectivity index (χ2n) is 8.73. The first-order valence-corrected chi connectivity index (χ1v) is 11.4. The Labute approximate surface area is 198 Å². The summed E-state index contributed by atoms with van der Waals surface area (Å²) in [6.07, 6.45) is 4.61. The number of rotatable bonds is 8. The number of amidine groups is 1. The van der Waals surface area contributed by atoms with Gasteiger partial charge in [0.25, 0.3) is 0 Å². The molecule has 176 valence electrons. The lowest BCUT2D eigenvalue weighted by Crippen LogP contribution is -2.37. The molecule has 33 heavy (non-hydrogen) atoms. The third-order valence-electron chi connectivity index (χ3n) is 5.66. The number of anilines is 1. The summed E-state index contributed by atoms with van der Waals surface area (Å²) in [5.74, 6) is 0.690. The van der Waals surface area contributed by atoms with Crippen LogP contribution in [0.3, 0.4) is 0 Å². The van der Waals surface area contributed by atoms with E-state index >= 15 is 0 Å². The van der Waals surface area contributed by atoms with Crippen LogP contribution in [0.2, 0.25) is 0 Å². The molecule has 0 saturated heterocycles. The van der Waals surface area contributed by atoms with Gasteiger partial charge in [-0.2, -0.15) is 0 Å². The van der Waals surface area contributed by atoms with E-state index in [0.29, 0.717) is 12.4 Å². The van der Waals surface area contributed by atoms with Gasteiger partial charge >= 0.3 is 0 Å². The first-order valence-electron chi connectivity index (χ1n) is 11.4. The van der Waals surface area contributed by atoms with Gasteiger partial charge in [-0.15, -0.1) is 6.58 Å². The van der Waals surface area contributed by atoms with E-state index in [2.05, 4.69) is 74.7 Å². The molecule has 2 aliphatic rings. The van der Waals surface area contributed by atoms with Gasteiger partial charge in [0.2, 0.25) is 0 Å². The standard InChI is InChI=1S/C21H26N6.C5H11N/c1-26(8-6-22)10-11-27-9-7-24-18-5-4-16(13-20(18)27)15-2-3-17-14-21(23)25-19(17)12-15;1-4-5-6(2)3/h2-5,7,12-13H,6,8-11,14,22H2,1H3,(H2,23,25);4H,1,5H2,2-3H3. The van der Waals surface area contributed by atoms with Crippen molar-refractivity contribution in [1.82, 2.24) is 9.80 Å². The highest BCUT2D eigenvalue weighted by Crippen LogP contribution is 2.37. The Bertz CT molecular complexity index is 1010. The summed E-state index contributed by atoms with van der Waals surface area (Å²) < 4.78 is 0. The first-order chi connectivity index (χ1) is 15.9. The van der Waals surface area contributed by atoms with Crippen LogP contribution in [-0.4, -0.2) is 82.3 Å². The zero-order chi connectivity index (χ0) is 23.8. The number of likely N-dealkylation sites (N-methyl/N-ethyl adjacent to an activating group) is 2. The molecule has 2 aliphatic heterocycles. The van der Waals surface area contributed by atoms with Crippen molar-refractivity contribution in [3.63, 3.8) is 0 Å². The molecule has 0 aliphatic carbocycles. The molecular weight excluding hydrogens is 410 g/mol. The minimum Gasteiger partial charge on any atom is -0.387 e. The predicted molar refractivity (Wildman–Crippen MR) is 143 cm³/mol. The fraction of sp³-hybridized carbons (Fsp3) is 0.385. The van der Waals surface area contributed by atoms with Gasteiger partial charge in [-0.1, -0.05) is 24.3 Å². The fourth-order valence-electron chi connectivity index (χ4n) is 3.88. The van der Waals surface area contributed by atoms with Crippen molar-refractivity contribution in [3.8, 4) is 11.1 Å². The van der Waals surface area contributed by atoms with Crippen molar-refractivity contribution in [2.24, 2.45) is 21.5 Å². The van der Waals surface area contributed by atoms with Crippen LogP contribution >= 0.6 is 0 Å². The number of aliphatic imine (C=N–C) groups is 2. The van der Waals surface area contributed by atoms with Crippen LogP contribution in [0.1, 0.15) is 5.56 Å². The van der Waals surface area contributed by atoms with E-state index in [4.69, 9.17) is 11.5 Å². The predicted octanol–water partition coefficient (Wildman–Crippen LogP) is 3.05. The van der Waals surface area contributed by atoms with Crippen LogP contribution in [0.25, 0.3) is 11.1 Å². The van der Waals surface area contributed by atoms with Crippen molar-refractivity contribution in [3.05, 3.63) is 54.6 Å². The molecule has 0 spiro atoms. The van der Waals surface area contributed by atoms with Crippen LogP contribution in [0.4, 0.5) is 17.1 Å². The molecular formula is C26H37N7. The third-order valence-corrected chi connectivity index (χ3v) is 5.66. The van der Waals surface area contributed by atoms with E-state index in [1.54, 1.807) is 0 Å². The van der Waals surface area contributed by atoms with Gasteiger partial charge in [0.05, 0.1) is 23.6 Å². The van der Waals surface area contributed by atoms with Crippen molar-refractivity contribution in [1.29, 1.82) is 0 Å². The number of hydrogen-bond donors (Lipinski definition) is 2. The lowest BCUT2D eigenvalue weighted by molar-refractivity contribution is 0.350. The van der Waals surface area contributed by atoms with Crippen LogP contribution in [-0.2, 0) is 6.42 Å². The number of nitrogens with two attached hydrogens (primary N) is 2. The lowest BCUT2D eigenvalue weighted by atomic mass is 10.0. The summed E-state index contributed by atoms with van der Waals surface area (Å²) in [6.45, 7) is 8.88. The van der Waals surface area contributed by atoms with Crippen LogP contribution < -0.4 is 16.4 Å². The van der Waals surface area contributed by atoms with Gasteiger partial charge in [-0.3, -0.25) is 4.99 Å². The van der Waals surface area contributed by atoms with Crippen molar-refractivity contribution in [2.45, 2.75) is 6.42 Å². The lowest BCUT2D eigenvalue weighted by Gasteiger charge is -2.29. The zero-order valence-electron chi connectivity index (χ0n) is 20.2. The van der Waals surface area contributed by atoms with E-state index in [0.717, 1.165) is 56.1 Å². The molecule has 2 aromatic rings. The fourth-order valence-corrected chi connectivity index (χ4v) is 3.88. The Morgan fingerprint density at radius 2 is 1.82 bits per heavy atom. The summed E-state index contributed by atoms with van der Waals surface area (Å²) in [5, 5.41) is 0. The maximum absolute atomic E-state index is 5.88. The summed E-state index contributed by atoms with van der Waals surface area (Å²) in [5.41, 5.74) is 18.3. The molecule has 4 rings (SSSR count). The Hall–Kier alpha value is -3.00. The molecule has 2 aromatic carbocycles. The van der Waals surface area contributed by atoms with Crippen LogP contribution in [0.15, 0.2) is 59.0 Å². The average molecular weight is 448 g/mol. The highest BCUT2D eigenvalue weighted by molar-refractivity contribution is 5.92. The highest BCUT2D eigenvalue weighted by atomic mass is 15.2. The summed E-state index contributed by atoms with van der Waals surface area (Å²) in [4.78, 5) is 15.7. The topological polar surface area (TPSA) is 86.5 Å². The Morgan fingerprint density at radius 1 is 1.06 bits per heavy atom. The van der Waals surface area contributed by atoms with Gasteiger partial charge in [-0.25, -0.2) is 4.99 Å². The number of nitrogens with zero attached hydrogens (tertiary/aromatic N) is 5. The Kier molecular flexibility index (Phi) is 8.77. The van der Waals surface area contributed by atoms with Crippen LogP contribution in [0, 0.1) is 0 Å². The minimum absolute atomic E-state index is 0.685. The molecule has 0 amide bonds. The van der Waals surface area contributed by atoms with Crippen LogP contribution in [0.5, 0.6) is 0 Å². The van der Waals surface area contributed by atoms with E-state index < -0.39 is 0 Å². The largest absolute Gasteiger partial charge is 0.387 e. The van der Waals surface area contributed by atoms with Gasteiger partial charge in [0.1, 0.15) is 5.84 Å². The molecule has 0 bridgehead atoms. The van der Waals surface area contributed by atoms with Crippen molar-refractivity contribution < 1.29 is 0 Å². The second-order valence-corrected chi connectivity index (χ2v) is 8.73. The monoisotopic (exact) mass is 447 g/mol. The molecule has 0 radical (unpaired) electrons. The Morgan fingerprint density at radius 3 is 2.52 bits per heavy atom. The summed E-state index contributed by atoms with van der Waals surface area (Å²) >= 11 is 0. The first kappa shape index (κ1) is 24.6. The van der Waals surface area contributed by atoms with E-state index in [1.807, 2.05) is 26.4 Å². The molecule has 0 atom stereocenters. The van der Waals surface area contributed by atoms with E-state index in [1.165, 1.54) is 16.8 Å². The van der Waals surface area contributed by atoms with Gasteiger partial charge in [0, 0.05) is 45.4 Å². The molecule has 4 N–H and O–H groups in total. The van der Waals surface area contributed by atoms with E-state index in [9.17, 15) is 0 Å². The molecule has 0 unspecified atom stereocenters. The number of fused-ring (bicyclic) bond motifs is 2. The molecule has 0 fully saturated rings. The average Bonchev–Trinajstić information content (AvgIpc) is 3.17. The van der Waals surface area contributed by atoms with Gasteiger partial charge in [-0.05, 0) is 56.0 Å². The minimum atomic E-state index is 0.685. The number of hydrogen-bond acceptors (Lipinski definition) is 7. The molecule has 7 heteroatoms. The zero-order valence-corrected chi connectivity index (χ0v) is 20.2. The molecule has 0 saturated carbocycles. The molecule has 0 aromatic heterocycles. The maximum Gasteiger partial charge on any atom is 0.104 e.